The Balaban J connectivity index is 1.75. The highest BCUT2D eigenvalue weighted by Gasteiger charge is 2.49. The summed E-state index contributed by atoms with van der Waals surface area (Å²) in [6.07, 6.45) is -7.28. The maximum absolute atomic E-state index is 14.8. The number of hydrogen-bond acceptors (Lipinski definition) is 18. The minimum Gasteiger partial charge on any atom is -0.508 e. The lowest BCUT2D eigenvalue weighted by Gasteiger charge is -2.35. The minimum atomic E-state index is -2.28. The minimum absolute atomic E-state index is 0.0384. The van der Waals surface area contributed by atoms with E-state index in [0.717, 1.165) is 55.2 Å². The number of hydrogen-bond donors (Lipinski definition) is 15. The standard InChI is InChI=1S/C55H93N9O16/c1-7-31(4)26-32(5)14-12-10-8-9-11-13-15-42(71)58-37-28-41(70)53(80-25-22-56)62-52(77)46-40(69)21-24-63(46)55(79)44(39(68)20-23-57-30(2)3)60-51(76)45(48(73)47(72)34-16-18-35(66)19-17-34)61-50(75)38-27-36(67)29-64(38)54(78)43(33(6)65)59-49(37)74/h16-19,30-33,36-41,43-48,53,57,65-70,72-73H,7-15,20-29,56H2,1-6H3,(H,58,71)(H,59,74)(H,60,76)(H,61,75)(H,62,77)/t31-,32+,33+,36+,37-,38-,39+,40-,41+,43-,44-,45-,46-,47-,48-,53+/m0/s1. The molecule has 3 aliphatic heterocycles. The van der Waals surface area contributed by atoms with Gasteiger partial charge in [-0.2, -0.15) is 0 Å². The fraction of sp³-hybridized carbons (Fsp3) is 0.764. The third kappa shape index (κ3) is 20.1. The molecule has 0 bridgehead atoms. The molecule has 16 atom stereocenters. The van der Waals surface area contributed by atoms with Crippen molar-refractivity contribution in [2.45, 2.75) is 223 Å². The second kappa shape index (κ2) is 33.1. The molecule has 3 fully saturated rings. The van der Waals surface area contributed by atoms with Gasteiger partial charge in [0, 0.05) is 44.9 Å². The lowest BCUT2D eigenvalue weighted by Crippen LogP contribution is -2.64. The summed E-state index contributed by atoms with van der Waals surface area (Å²) in [7, 11) is 0. The third-order valence-electron chi connectivity index (χ3n) is 15.3. The van der Waals surface area contributed by atoms with Crippen LogP contribution >= 0.6 is 0 Å². The van der Waals surface area contributed by atoms with Crippen LogP contribution in [0.3, 0.4) is 0 Å². The number of unbranched alkanes of at least 4 members (excludes halogenated alkanes) is 5. The van der Waals surface area contributed by atoms with Crippen LogP contribution in [-0.2, 0) is 38.3 Å². The molecule has 4 rings (SSSR count). The zero-order valence-electron chi connectivity index (χ0n) is 47.4. The number of benzene rings is 1. The molecular weight excluding hydrogens is 1040 g/mol. The van der Waals surface area contributed by atoms with E-state index in [9.17, 15) is 74.4 Å². The number of phenolic OH excluding ortho intramolecular Hbond substituents is 1. The summed E-state index contributed by atoms with van der Waals surface area (Å²) >= 11 is 0. The molecule has 0 saturated carbocycles. The molecule has 3 saturated heterocycles. The summed E-state index contributed by atoms with van der Waals surface area (Å²) in [5.41, 5.74) is 5.70. The number of nitrogens with one attached hydrogen (secondary N) is 6. The van der Waals surface area contributed by atoms with Crippen molar-refractivity contribution in [1.82, 2.24) is 41.7 Å². The van der Waals surface area contributed by atoms with Gasteiger partial charge in [0.15, 0.2) is 6.23 Å². The quantitative estimate of drug-likeness (QED) is 0.0478. The number of aromatic hydroxyl groups is 1. The fourth-order valence-electron chi connectivity index (χ4n) is 10.5. The highest BCUT2D eigenvalue weighted by Crippen LogP contribution is 2.27. The van der Waals surface area contributed by atoms with Crippen LogP contribution in [-0.4, -0.2) is 210 Å². The van der Waals surface area contributed by atoms with Crippen LogP contribution in [0.4, 0.5) is 0 Å². The van der Waals surface area contributed by atoms with Crippen LogP contribution < -0.4 is 37.6 Å². The number of carbonyl (C=O) groups excluding carboxylic acids is 7. The Bertz CT molecular complexity index is 2140. The van der Waals surface area contributed by atoms with Crippen LogP contribution in [0.15, 0.2) is 24.3 Å². The monoisotopic (exact) mass is 1140 g/mol. The first kappa shape index (κ1) is 67.4. The van der Waals surface area contributed by atoms with Gasteiger partial charge in [0.1, 0.15) is 60.3 Å². The molecule has 0 unspecified atom stereocenters. The Labute approximate surface area is 469 Å². The van der Waals surface area contributed by atoms with E-state index in [1.807, 2.05) is 13.8 Å². The molecule has 1 aromatic rings. The summed E-state index contributed by atoms with van der Waals surface area (Å²) < 4.78 is 5.77. The molecule has 454 valence electrons. The number of amides is 7. The number of aliphatic hydroxyl groups excluding tert-OH is 7. The van der Waals surface area contributed by atoms with Crippen LogP contribution in [0.25, 0.3) is 0 Å². The Kier molecular flexibility index (Phi) is 27.9. The zero-order valence-corrected chi connectivity index (χ0v) is 47.4. The summed E-state index contributed by atoms with van der Waals surface area (Å²) in [6, 6.07) is -6.52. The van der Waals surface area contributed by atoms with E-state index in [1.165, 1.54) is 30.7 Å². The topological polar surface area (TPSA) is 395 Å². The normalized spacial score (nSPS) is 28.1. The lowest BCUT2D eigenvalue weighted by atomic mass is 9.91. The van der Waals surface area contributed by atoms with Gasteiger partial charge in [0.25, 0.3) is 0 Å². The van der Waals surface area contributed by atoms with Crippen molar-refractivity contribution in [3.8, 4) is 5.75 Å². The molecule has 7 amide bonds. The first-order valence-electron chi connectivity index (χ1n) is 28.6. The Morgan fingerprint density at radius 3 is 2.00 bits per heavy atom. The van der Waals surface area contributed by atoms with Gasteiger partial charge in [-0.25, -0.2) is 0 Å². The van der Waals surface area contributed by atoms with E-state index >= 15 is 0 Å². The molecule has 1 aromatic carbocycles. The molecule has 25 heteroatoms. The maximum atomic E-state index is 14.8. The SMILES string of the molecule is CC[C@H](C)C[C@H](C)CCCCCCCCC(=O)N[C@H]1C[C@@H](O)[C@@H](OCCN)NC(=O)[C@@H]2[C@@H](O)CCN2C(=O)[C@H]([C@H](O)CCNC(C)C)NC(=O)[C@H]([C@H](O)[C@@H](O)c2ccc(O)cc2)NC(=O)[C@@H]2C[C@@H](O)CN2C(=O)[C@H]([C@@H](C)O)NC1=O. The Morgan fingerprint density at radius 1 is 0.738 bits per heavy atom. The smallest absolute Gasteiger partial charge is 0.248 e. The number of rotatable bonds is 25. The molecule has 0 aromatic heterocycles. The van der Waals surface area contributed by atoms with Crippen molar-refractivity contribution in [2.75, 3.05) is 32.8 Å². The molecule has 3 heterocycles. The van der Waals surface area contributed by atoms with Gasteiger partial charge in [0.2, 0.25) is 41.4 Å². The summed E-state index contributed by atoms with van der Waals surface area (Å²) in [5, 5.41) is 105. The molecule has 0 aliphatic carbocycles. The number of aliphatic hydroxyl groups is 7. The third-order valence-corrected chi connectivity index (χ3v) is 15.3. The van der Waals surface area contributed by atoms with Gasteiger partial charge >= 0.3 is 0 Å². The zero-order chi connectivity index (χ0) is 59.4. The van der Waals surface area contributed by atoms with E-state index in [2.05, 4.69) is 52.7 Å². The molecule has 0 radical (unpaired) electrons. The Hall–Kier alpha value is -5.09. The number of ether oxygens (including phenoxy) is 1. The summed E-state index contributed by atoms with van der Waals surface area (Å²) in [6.45, 7) is 10.3. The highest BCUT2D eigenvalue weighted by atomic mass is 16.5. The number of carbonyl (C=O) groups is 7. The van der Waals surface area contributed by atoms with Crippen LogP contribution in [0.2, 0.25) is 0 Å². The van der Waals surface area contributed by atoms with Crippen molar-refractivity contribution in [2.24, 2.45) is 17.6 Å². The molecule has 80 heavy (non-hydrogen) atoms. The number of phenols is 1. The van der Waals surface area contributed by atoms with Crippen molar-refractivity contribution in [3.05, 3.63) is 29.8 Å². The molecule has 3 aliphatic rings. The summed E-state index contributed by atoms with van der Waals surface area (Å²) in [4.78, 5) is 103. The van der Waals surface area contributed by atoms with Gasteiger partial charge in [-0.15, -0.1) is 0 Å². The Morgan fingerprint density at radius 2 is 1.36 bits per heavy atom. The first-order valence-corrected chi connectivity index (χ1v) is 28.6. The predicted molar refractivity (Wildman–Crippen MR) is 292 cm³/mol. The van der Waals surface area contributed by atoms with E-state index in [-0.39, 0.29) is 62.9 Å². The van der Waals surface area contributed by atoms with E-state index < -0.39 is 146 Å². The molecule has 16 N–H and O–H groups in total. The van der Waals surface area contributed by atoms with E-state index in [4.69, 9.17) is 10.5 Å². The number of nitrogens with zero attached hydrogens (tertiary/aromatic N) is 2. The second-order valence-electron chi connectivity index (χ2n) is 22.4. The van der Waals surface area contributed by atoms with Crippen molar-refractivity contribution in [1.29, 1.82) is 0 Å². The van der Waals surface area contributed by atoms with Gasteiger partial charge in [0.05, 0.1) is 31.0 Å². The predicted octanol–water partition coefficient (Wildman–Crippen LogP) is -1.85. The van der Waals surface area contributed by atoms with Gasteiger partial charge in [-0.05, 0) is 68.7 Å². The van der Waals surface area contributed by atoms with Crippen LogP contribution in [0.5, 0.6) is 5.75 Å². The molecule has 25 nitrogen and oxygen atoms in total. The lowest BCUT2D eigenvalue weighted by molar-refractivity contribution is -0.149. The van der Waals surface area contributed by atoms with Gasteiger partial charge in [-0.3, -0.25) is 33.6 Å². The average molecular weight is 1140 g/mol. The second-order valence-corrected chi connectivity index (χ2v) is 22.4. The highest BCUT2D eigenvalue weighted by molar-refractivity contribution is 5.98. The van der Waals surface area contributed by atoms with E-state index in [1.54, 1.807) is 0 Å². The van der Waals surface area contributed by atoms with Gasteiger partial charge in [-0.1, -0.05) is 91.7 Å². The first-order chi connectivity index (χ1) is 37.9. The van der Waals surface area contributed by atoms with Crippen molar-refractivity contribution < 1.29 is 79.2 Å². The number of fused-ring (bicyclic) bond motifs is 2. The van der Waals surface area contributed by atoms with Crippen molar-refractivity contribution in [3.63, 3.8) is 0 Å². The fourth-order valence-corrected chi connectivity index (χ4v) is 10.5. The molecular formula is C55H93N9O16. The average Bonchev–Trinajstić information content (AvgIpc) is 4.12. The maximum Gasteiger partial charge on any atom is 0.248 e. The largest absolute Gasteiger partial charge is 0.508 e. The van der Waals surface area contributed by atoms with Crippen LogP contribution in [0.1, 0.15) is 143 Å². The van der Waals surface area contributed by atoms with Crippen LogP contribution in [0, 0.1) is 11.8 Å². The molecule has 0 spiro atoms. The summed E-state index contributed by atoms with van der Waals surface area (Å²) in [5.74, 6) is -6.48. The number of nitrogens with two attached hydrogens (primary N) is 1. The van der Waals surface area contributed by atoms with E-state index in [0.29, 0.717) is 24.7 Å². The van der Waals surface area contributed by atoms with Gasteiger partial charge < -0.3 is 93.0 Å². The van der Waals surface area contributed by atoms with Crippen molar-refractivity contribution >= 4 is 41.4 Å².